The lowest BCUT2D eigenvalue weighted by molar-refractivity contribution is -0.225. The summed E-state index contributed by atoms with van der Waals surface area (Å²) in [6, 6.07) is 0. The minimum atomic E-state index is -0.687. The smallest absolute Gasteiger partial charge is 0.347 e. The molecule has 10 nitrogen and oxygen atoms in total. The molecule has 6 rings (SSSR count). The zero-order valence-corrected chi connectivity index (χ0v) is 31.8. The molecule has 11 heteroatoms. The summed E-state index contributed by atoms with van der Waals surface area (Å²) in [6.07, 6.45) is 8.40. The van der Waals surface area contributed by atoms with Gasteiger partial charge in [-0.1, -0.05) is 20.8 Å². The summed E-state index contributed by atoms with van der Waals surface area (Å²) in [7, 11) is 0. The Hall–Kier alpha value is -1.85. The zero-order valence-electron chi connectivity index (χ0n) is 30.9. The Morgan fingerprint density at radius 2 is 1.38 bits per heavy atom. The summed E-state index contributed by atoms with van der Waals surface area (Å²) >= 11 is 1.78. The van der Waals surface area contributed by atoms with E-state index in [1.165, 1.54) is 6.42 Å². The van der Waals surface area contributed by atoms with Crippen LogP contribution in [0.3, 0.4) is 0 Å². The fourth-order valence-electron chi connectivity index (χ4n) is 6.84. The third kappa shape index (κ3) is 10.8. The maximum atomic E-state index is 12.4. The van der Waals surface area contributed by atoms with Crippen molar-refractivity contribution in [3.05, 3.63) is 0 Å². The van der Waals surface area contributed by atoms with Crippen molar-refractivity contribution < 1.29 is 48.0 Å². The van der Waals surface area contributed by atoms with Gasteiger partial charge in [0.05, 0.1) is 40.8 Å². The minimum absolute atomic E-state index is 0.0828. The second-order valence-corrected chi connectivity index (χ2v) is 17.6. The molecule has 0 aromatic heterocycles. The molecule has 0 aromatic rings. The van der Waals surface area contributed by atoms with Crippen molar-refractivity contribution in [1.82, 2.24) is 0 Å². The number of aliphatic hydroxyl groups is 1. The van der Waals surface area contributed by atoms with E-state index in [-0.39, 0.29) is 29.8 Å². The molecule has 4 saturated carbocycles. The van der Waals surface area contributed by atoms with Crippen LogP contribution >= 0.6 is 11.8 Å². The molecule has 6 fully saturated rings. The van der Waals surface area contributed by atoms with E-state index in [0.717, 1.165) is 56.5 Å². The van der Waals surface area contributed by atoms with Gasteiger partial charge in [0.25, 0.3) is 0 Å². The third-order valence-electron chi connectivity index (χ3n) is 11.0. The van der Waals surface area contributed by atoms with Crippen LogP contribution in [0.25, 0.3) is 0 Å². The van der Waals surface area contributed by atoms with E-state index < -0.39 is 33.9 Å². The summed E-state index contributed by atoms with van der Waals surface area (Å²) in [5, 5.41) is 10.6. The average Bonchev–Trinajstić information content (AvgIpc) is 3.23. The number of hydrogen-bond donors (Lipinski definition) is 1. The van der Waals surface area contributed by atoms with Gasteiger partial charge in [-0.15, -0.1) is 0 Å². The first-order valence-corrected chi connectivity index (χ1v) is 19.2. The van der Waals surface area contributed by atoms with Crippen molar-refractivity contribution in [3.63, 3.8) is 0 Å². The van der Waals surface area contributed by atoms with Gasteiger partial charge in [0.1, 0.15) is 5.60 Å². The molecule has 0 aromatic carbocycles. The van der Waals surface area contributed by atoms with Crippen LogP contribution in [-0.2, 0) is 42.9 Å². The Balaban J connectivity index is 0.000000199. The minimum Gasteiger partial charge on any atom is -0.463 e. The maximum absolute atomic E-state index is 12.4. The van der Waals surface area contributed by atoms with Gasteiger partial charge in [-0.2, -0.15) is 11.8 Å². The Bertz CT molecular complexity index is 1110. The first-order valence-electron chi connectivity index (χ1n) is 18.0. The van der Waals surface area contributed by atoms with Crippen molar-refractivity contribution in [2.75, 3.05) is 24.7 Å². The lowest BCUT2D eigenvalue weighted by Crippen LogP contribution is -2.61. The van der Waals surface area contributed by atoms with E-state index in [4.69, 9.17) is 23.7 Å². The van der Waals surface area contributed by atoms with E-state index in [2.05, 4.69) is 0 Å². The van der Waals surface area contributed by atoms with Crippen LogP contribution in [-0.4, -0.2) is 77.3 Å². The van der Waals surface area contributed by atoms with Gasteiger partial charge in [0, 0.05) is 12.8 Å². The number of ether oxygens (including phenoxy) is 5. The van der Waals surface area contributed by atoms with Gasteiger partial charge in [0.15, 0.2) is 0 Å². The van der Waals surface area contributed by atoms with Crippen molar-refractivity contribution in [3.8, 4) is 0 Å². The summed E-state index contributed by atoms with van der Waals surface area (Å²) in [5.41, 5.74) is -2.25. The topological polar surface area (TPSA) is 135 Å². The number of rotatable bonds is 9. The van der Waals surface area contributed by atoms with Crippen LogP contribution < -0.4 is 0 Å². The van der Waals surface area contributed by atoms with Gasteiger partial charge in [-0.25, -0.2) is 4.79 Å². The molecule has 0 spiro atoms. The number of cyclic esters (lactones) is 1. The summed E-state index contributed by atoms with van der Waals surface area (Å²) < 4.78 is 26.5. The van der Waals surface area contributed by atoms with Gasteiger partial charge in [0.2, 0.25) is 12.4 Å². The van der Waals surface area contributed by atoms with Crippen LogP contribution in [0.1, 0.15) is 133 Å². The second kappa shape index (κ2) is 16.4. The monoisotopic (exact) mass is 698 g/mol. The van der Waals surface area contributed by atoms with Crippen LogP contribution in [0.5, 0.6) is 0 Å². The van der Waals surface area contributed by atoms with Crippen molar-refractivity contribution in [1.29, 1.82) is 0 Å². The van der Waals surface area contributed by atoms with E-state index in [9.17, 15) is 24.3 Å². The quantitative estimate of drug-likeness (QED) is 0.202. The lowest BCUT2D eigenvalue weighted by Gasteiger charge is -2.59. The molecule has 2 saturated heterocycles. The lowest BCUT2D eigenvalue weighted by atomic mass is 9.52. The summed E-state index contributed by atoms with van der Waals surface area (Å²) in [6.45, 7) is 18.3. The molecule has 48 heavy (non-hydrogen) atoms. The number of carbonyl (C=O) groups is 4. The van der Waals surface area contributed by atoms with Gasteiger partial charge >= 0.3 is 23.9 Å². The normalized spacial score (nSPS) is 31.2. The summed E-state index contributed by atoms with van der Waals surface area (Å²) in [5.74, 6) is 1.97. The molecule has 1 N–H and O–H groups in total. The van der Waals surface area contributed by atoms with E-state index in [1.54, 1.807) is 25.6 Å². The molecule has 6 aliphatic rings. The molecule has 2 aliphatic heterocycles. The van der Waals surface area contributed by atoms with Crippen LogP contribution in [0, 0.1) is 28.1 Å². The van der Waals surface area contributed by atoms with Gasteiger partial charge in [-0.3, -0.25) is 14.4 Å². The Morgan fingerprint density at radius 3 is 1.88 bits per heavy atom. The Labute approximate surface area is 292 Å². The van der Waals surface area contributed by atoms with E-state index in [0.29, 0.717) is 44.3 Å². The van der Waals surface area contributed by atoms with Crippen molar-refractivity contribution in [2.24, 2.45) is 28.1 Å². The van der Waals surface area contributed by atoms with Crippen LogP contribution in [0.15, 0.2) is 0 Å². The fourth-order valence-corrected chi connectivity index (χ4v) is 7.69. The molecule has 2 heterocycles. The highest BCUT2D eigenvalue weighted by Crippen LogP contribution is 2.59. The molecular weight excluding hydrogens is 636 g/mol. The standard InChI is InChI=1S/C16H26O3.C11H20O3S.C10H16O4/c1-4-14(2,3)13(17)19-16-8-11-5-12(9-16)7-15(18,6-11)10-16;1-4-11(2,3)10(12)14-9-8-15-7-5-6-13-9;1-4-10(2,3)9(12)14-7-5-6-13-8(7)11/h11-12,18H,4-10H2,1-3H3;9H,4-8H2,1-3H3;7H,4-6H2,1-3H3. The van der Waals surface area contributed by atoms with Crippen molar-refractivity contribution in [2.45, 2.75) is 157 Å². The predicted molar refractivity (Wildman–Crippen MR) is 184 cm³/mol. The number of esters is 4. The zero-order chi connectivity index (χ0) is 36.0. The Morgan fingerprint density at radius 1 is 0.833 bits per heavy atom. The molecule has 0 radical (unpaired) electrons. The Kier molecular flexibility index (Phi) is 13.9. The first kappa shape index (κ1) is 40.6. The molecule has 4 bridgehead atoms. The van der Waals surface area contributed by atoms with Crippen LogP contribution in [0.4, 0.5) is 0 Å². The second-order valence-electron chi connectivity index (χ2n) is 16.5. The number of carbonyl (C=O) groups excluding carboxylic acids is 4. The first-order chi connectivity index (χ1) is 22.3. The van der Waals surface area contributed by atoms with Gasteiger partial charge in [-0.05, 0) is 117 Å². The molecule has 0 amide bonds. The third-order valence-corrected chi connectivity index (χ3v) is 12.0. The number of thioether (sulfide) groups is 1. The SMILES string of the molecule is CCC(C)(C)C(=O)OC12CC3CC(CC(O)(C3)C1)C2.CCC(C)(C)C(=O)OC1CCOC1=O.CCC(C)(C)C(=O)OC1CSCCCO1. The average molecular weight is 699 g/mol. The van der Waals surface area contributed by atoms with Gasteiger partial charge < -0.3 is 28.8 Å². The summed E-state index contributed by atoms with van der Waals surface area (Å²) in [4.78, 5) is 46.7. The highest BCUT2D eigenvalue weighted by molar-refractivity contribution is 7.99. The maximum Gasteiger partial charge on any atom is 0.347 e. The highest BCUT2D eigenvalue weighted by atomic mass is 32.2. The molecule has 276 valence electrons. The van der Waals surface area contributed by atoms with E-state index >= 15 is 0 Å². The fraction of sp³-hybridized carbons (Fsp3) is 0.892. The molecular formula is C37H62O10S. The molecule has 4 atom stereocenters. The van der Waals surface area contributed by atoms with E-state index in [1.807, 2.05) is 48.5 Å². The molecule has 4 aliphatic carbocycles. The van der Waals surface area contributed by atoms with Crippen LogP contribution in [0.2, 0.25) is 0 Å². The predicted octanol–water partition coefficient (Wildman–Crippen LogP) is 6.78. The largest absolute Gasteiger partial charge is 0.463 e. The highest BCUT2D eigenvalue weighted by Gasteiger charge is 2.59. The number of hydrogen-bond acceptors (Lipinski definition) is 11. The van der Waals surface area contributed by atoms with Crippen molar-refractivity contribution >= 4 is 35.6 Å². The molecule has 4 unspecified atom stereocenters.